The maximum absolute atomic E-state index is 13.6. The van der Waals surface area contributed by atoms with Crippen LogP contribution in [-0.4, -0.2) is 42.7 Å². The zero-order chi connectivity index (χ0) is 26.8. The molecule has 3 rings (SSSR count). The fraction of sp³-hybridized carbons (Fsp3) is 0.458. The van der Waals surface area contributed by atoms with E-state index < -0.39 is 47.5 Å². The minimum atomic E-state index is -5.01. The Kier molecular flexibility index (Phi) is 8.19. The number of hydroxylamine groups is 2. The third kappa shape index (κ3) is 6.47. The molecule has 1 amide bonds. The number of nitrogens with zero attached hydrogens (tertiary/aromatic N) is 2. The van der Waals surface area contributed by atoms with Crippen LogP contribution in [0.25, 0.3) is 0 Å². The Morgan fingerprint density at radius 3 is 2.25 bits per heavy atom. The normalized spacial score (nSPS) is 18.4. The Morgan fingerprint density at radius 1 is 1.08 bits per heavy atom. The first kappa shape index (κ1) is 27.7. The molecule has 1 saturated heterocycles. The molecule has 36 heavy (non-hydrogen) atoms. The predicted octanol–water partition coefficient (Wildman–Crippen LogP) is 6.25. The van der Waals surface area contributed by atoms with Gasteiger partial charge in [0.1, 0.15) is 5.82 Å². The molecule has 0 unspecified atom stereocenters. The lowest BCUT2D eigenvalue weighted by molar-refractivity contribution is -0.143. The molecule has 1 aliphatic heterocycles. The monoisotopic (exact) mass is 521 g/mol. The van der Waals surface area contributed by atoms with Gasteiger partial charge in [0.05, 0.1) is 23.2 Å². The van der Waals surface area contributed by atoms with E-state index in [1.54, 1.807) is 13.0 Å². The van der Waals surface area contributed by atoms with Gasteiger partial charge < -0.3 is 15.1 Å². The zero-order valence-corrected chi connectivity index (χ0v) is 19.8. The predicted molar refractivity (Wildman–Crippen MR) is 117 cm³/mol. The van der Waals surface area contributed by atoms with Gasteiger partial charge in [-0.1, -0.05) is 6.07 Å². The molecule has 0 saturated carbocycles. The summed E-state index contributed by atoms with van der Waals surface area (Å²) in [7, 11) is 1.23. The average Bonchev–Trinajstić information content (AvgIpc) is 3.02. The second-order valence-electron chi connectivity index (χ2n) is 8.70. The van der Waals surface area contributed by atoms with Crippen LogP contribution < -0.4 is 5.32 Å². The van der Waals surface area contributed by atoms with Gasteiger partial charge in [0, 0.05) is 20.1 Å². The van der Waals surface area contributed by atoms with Crippen molar-refractivity contribution in [3.8, 4) is 0 Å². The van der Waals surface area contributed by atoms with Crippen molar-refractivity contribution in [2.24, 2.45) is 0 Å². The molecule has 1 aliphatic rings. The number of alkyl halides is 6. The Bertz CT molecular complexity index is 1060. The van der Waals surface area contributed by atoms with Crippen LogP contribution in [-0.2, 0) is 17.2 Å². The summed E-state index contributed by atoms with van der Waals surface area (Å²) in [4.78, 5) is 19.5. The number of aryl methyl sites for hydroxylation is 1. The standard InChI is InChI=1S/C24H26F7N3O2/c1-14-9-19(25)5-6-20(14)21-13-32-7-4-8-34(21)36-22(35)33(3)15(2)16-10-17(23(26,27)28)12-18(11-16)24(29,30)31/h5-6,9-12,15,21,32H,4,7-8,13H2,1-3H3/t15-,21+/m0/s1. The highest BCUT2D eigenvalue weighted by Crippen LogP contribution is 2.38. The highest BCUT2D eigenvalue weighted by Gasteiger charge is 2.38. The second-order valence-corrected chi connectivity index (χ2v) is 8.70. The van der Waals surface area contributed by atoms with E-state index >= 15 is 0 Å². The number of benzene rings is 2. The summed E-state index contributed by atoms with van der Waals surface area (Å²) in [6.07, 6.45) is -10.4. The fourth-order valence-electron chi connectivity index (χ4n) is 4.01. The molecule has 2 aromatic carbocycles. The van der Waals surface area contributed by atoms with Gasteiger partial charge in [0.15, 0.2) is 0 Å². The highest BCUT2D eigenvalue weighted by molar-refractivity contribution is 5.67. The van der Waals surface area contributed by atoms with Crippen LogP contribution >= 0.6 is 0 Å². The van der Waals surface area contributed by atoms with E-state index in [1.807, 2.05) is 0 Å². The summed E-state index contributed by atoms with van der Waals surface area (Å²) >= 11 is 0. The summed E-state index contributed by atoms with van der Waals surface area (Å²) in [5.41, 5.74) is -1.94. The Morgan fingerprint density at radius 2 is 1.69 bits per heavy atom. The van der Waals surface area contributed by atoms with Crippen LogP contribution in [0, 0.1) is 12.7 Å². The summed E-state index contributed by atoms with van der Waals surface area (Å²) in [6.45, 7) is 4.33. The summed E-state index contributed by atoms with van der Waals surface area (Å²) in [5.74, 6) is -0.422. The van der Waals surface area contributed by atoms with Gasteiger partial charge in [-0.3, -0.25) is 0 Å². The van der Waals surface area contributed by atoms with Gasteiger partial charge >= 0.3 is 18.4 Å². The van der Waals surface area contributed by atoms with Crippen molar-refractivity contribution in [3.05, 3.63) is 70.0 Å². The number of carbonyl (C=O) groups excluding carboxylic acids is 1. The van der Waals surface area contributed by atoms with E-state index in [0.29, 0.717) is 49.3 Å². The molecule has 2 aromatic rings. The first-order valence-corrected chi connectivity index (χ1v) is 11.2. The first-order chi connectivity index (χ1) is 16.7. The molecule has 1 heterocycles. The van der Waals surface area contributed by atoms with E-state index in [1.165, 1.54) is 31.2 Å². The third-order valence-electron chi connectivity index (χ3n) is 6.16. The van der Waals surface area contributed by atoms with Crippen molar-refractivity contribution in [3.63, 3.8) is 0 Å². The molecule has 0 radical (unpaired) electrons. The third-order valence-corrected chi connectivity index (χ3v) is 6.16. The molecule has 5 nitrogen and oxygen atoms in total. The topological polar surface area (TPSA) is 44.8 Å². The van der Waals surface area contributed by atoms with Crippen LogP contribution in [0.15, 0.2) is 36.4 Å². The van der Waals surface area contributed by atoms with E-state index in [0.717, 1.165) is 4.90 Å². The van der Waals surface area contributed by atoms with Gasteiger partial charge in [-0.25, -0.2) is 9.18 Å². The molecular formula is C24H26F7N3O2. The Hall–Kier alpha value is -2.86. The second kappa shape index (κ2) is 10.6. The van der Waals surface area contributed by atoms with Crippen molar-refractivity contribution in [2.75, 3.05) is 26.7 Å². The number of rotatable bonds is 4. The zero-order valence-electron chi connectivity index (χ0n) is 19.8. The lowest BCUT2D eigenvalue weighted by atomic mass is 10.00. The van der Waals surface area contributed by atoms with Crippen LogP contribution in [0.5, 0.6) is 0 Å². The molecule has 0 spiro atoms. The van der Waals surface area contributed by atoms with E-state index in [4.69, 9.17) is 4.84 Å². The molecule has 1 fully saturated rings. The van der Waals surface area contributed by atoms with Crippen LogP contribution in [0.3, 0.4) is 0 Å². The maximum Gasteiger partial charge on any atom is 0.429 e. The van der Waals surface area contributed by atoms with E-state index in [9.17, 15) is 35.5 Å². The molecule has 12 heteroatoms. The molecule has 1 N–H and O–H groups in total. The average molecular weight is 521 g/mol. The van der Waals surface area contributed by atoms with Gasteiger partial charge in [-0.05, 0) is 73.8 Å². The lowest BCUT2D eigenvalue weighted by Gasteiger charge is -2.32. The lowest BCUT2D eigenvalue weighted by Crippen LogP contribution is -2.40. The van der Waals surface area contributed by atoms with E-state index in [2.05, 4.69) is 5.32 Å². The Balaban J connectivity index is 1.86. The van der Waals surface area contributed by atoms with Crippen LogP contribution in [0.2, 0.25) is 0 Å². The largest absolute Gasteiger partial charge is 0.429 e. The highest BCUT2D eigenvalue weighted by atomic mass is 19.4. The van der Waals surface area contributed by atoms with Gasteiger partial charge in [0.2, 0.25) is 0 Å². The Labute approximate surface area is 203 Å². The maximum atomic E-state index is 13.6. The van der Waals surface area contributed by atoms with Crippen molar-refractivity contribution < 1.29 is 40.4 Å². The van der Waals surface area contributed by atoms with Gasteiger partial charge in [-0.2, -0.15) is 26.3 Å². The molecule has 198 valence electrons. The molecule has 0 aromatic heterocycles. The first-order valence-electron chi connectivity index (χ1n) is 11.2. The van der Waals surface area contributed by atoms with Crippen molar-refractivity contribution in [1.82, 2.24) is 15.3 Å². The number of carbonyl (C=O) groups is 1. The summed E-state index contributed by atoms with van der Waals surface area (Å²) in [6, 6.07) is 3.77. The number of hydrogen-bond donors (Lipinski definition) is 1. The molecule has 0 bridgehead atoms. The fourth-order valence-corrected chi connectivity index (χ4v) is 4.01. The molecule has 2 atom stereocenters. The molecular weight excluding hydrogens is 495 g/mol. The van der Waals surface area contributed by atoms with Crippen molar-refractivity contribution in [2.45, 2.75) is 44.7 Å². The number of nitrogens with one attached hydrogen (secondary N) is 1. The summed E-state index contributed by atoms with van der Waals surface area (Å²) in [5, 5.41) is 4.61. The quantitative estimate of drug-likeness (QED) is 0.483. The van der Waals surface area contributed by atoms with E-state index in [-0.39, 0.29) is 11.6 Å². The SMILES string of the molecule is Cc1cc(F)ccc1[C@H]1CNCCCN1OC(=O)N(C)[C@@H](C)c1cc(C(F)(F)F)cc(C(F)(F)F)c1. The van der Waals surface area contributed by atoms with Crippen molar-refractivity contribution >= 4 is 6.09 Å². The van der Waals surface area contributed by atoms with Crippen molar-refractivity contribution in [1.29, 1.82) is 0 Å². The number of amides is 1. The summed E-state index contributed by atoms with van der Waals surface area (Å²) < 4.78 is 93.2. The van der Waals surface area contributed by atoms with Crippen LogP contribution in [0.4, 0.5) is 35.5 Å². The number of hydrogen-bond acceptors (Lipinski definition) is 4. The van der Waals surface area contributed by atoms with Gasteiger partial charge in [0.25, 0.3) is 0 Å². The smallest absolute Gasteiger partial charge is 0.350 e. The number of halogens is 7. The minimum Gasteiger partial charge on any atom is -0.350 e. The molecule has 0 aliphatic carbocycles. The van der Waals surface area contributed by atoms with Crippen LogP contribution in [0.1, 0.15) is 53.2 Å². The minimum absolute atomic E-state index is 0.0361. The van der Waals surface area contributed by atoms with Gasteiger partial charge in [-0.15, -0.1) is 5.06 Å².